The van der Waals surface area contributed by atoms with E-state index in [1.807, 2.05) is 24.3 Å². The summed E-state index contributed by atoms with van der Waals surface area (Å²) >= 11 is 0. The zero-order valence-electron chi connectivity index (χ0n) is 9.68. The molecule has 84 valence electrons. The van der Waals surface area contributed by atoms with Crippen molar-refractivity contribution in [1.82, 2.24) is 0 Å². The lowest BCUT2D eigenvalue weighted by Crippen LogP contribution is -2.23. The van der Waals surface area contributed by atoms with Crippen molar-refractivity contribution in [3.8, 4) is 0 Å². The fourth-order valence-electron chi connectivity index (χ4n) is 2.83. The first kappa shape index (κ1) is 9.60. The van der Waals surface area contributed by atoms with Crippen LogP contribution in [0.5, 0.6) is 0 Å². The Morgan fingerprint density at radius 3 is 1.39 bits per heavy atom. The van der Waals surface area contributed by atoms with Crippen LogP contribution in [0.15, 0.2) is 48.5 Å². The number of hydrogen-bond donors (Lipinski definition) is 0. The van der Waals surface area contributed by atoms with E-state index < -0.39 is 0 Å². The van der Waals surface area contributed by atoms with Gasteiger partial charge in [-0.15, -0.1) is 0 Å². The van der Waals surface area contributed by atoms with Crippen LogP contribution in [0, 0.1) is 0 Å². The van der Waals surface area contributed by atoms with Gasteiger partial charge in [-0.2, -0.15) is 0 Å². The molecule has 1 nitrogen and oxygen atoms in total. The molecule has 0 aliphatic heterocycles. The minimum atomic E-state index is 0.0894. The molecule has 1 aliphatic carbocycles. The lowest BCUT2D eigenvalue weighted by atomic mass is 9.99. The van der Waals surface area contributed by atoms with Gasteiger partial charge in [0, 0.05) is 0 Å². The third-order valence-corrected chi connectivity index (χ3v) is 3.59. The standard InChI is InChI=1S/C17H10O/c18-11-9-16-14-7-3-1-5-12(14)13-6-2-4-8-15(13)17(16)10-11/h1-10H. The number of carbonyl (C=O) groups is 1. The van der Waals surface area contributed by atoms with Gasteiger partial charge in [-0.1, -0.05) is 48.5 Å². The van der Waals surface area contributed by atoms with Crippen molar-refractivity contribution >= 4 is 39.5 Å². The Hall–Kier alpha value is -2.41. The van der Waals surface area contributed by atoms with Crippen LogP contribution in [0.3, 0.4) is 0 Å². The van der Waals surface area contributed by atoms with Gasteiger partial charge in [-0.05, 0) is 44.1 Å². The highest BCUT2D eigenvalue weighted by atomic mass is 16.1. The van der Waals surface area contributed by atoms with Crippen molar-refractivity contribution in [2.24, 2.45) is 0 Å². The molecule has 0 heterocycles. The van der Waals surface area contributed by atoms with Crippen molar-refractivity contribution in [2.45, 2.75) is 0 Å². The van der Waals surface area contributed by atoms with Crippen molar-refractivity contribution < 1.29 is 4.79 Å². The summed E-state index contributed by atoms with van der Waals surface area (Å²) in [5.74, 6) is 0.0894. The maximum absolute atomic E-state index is 11.7. The van der Waals surface area contributed by atoms with Gasteiger partial charge in [-0.3, -0.25) is 4.79 Å². The zero-order valence-corrected chi connectivity index (χ0v) is 9.68. The van der Waals surface area contributed by atoms with Crippen molar-refractivity contribution in [3.05, 3.63) is 59.0 Å². The Kier molecular flexibility index (Phi) is 1.76. The molecule has 0 fully saturated rings. The van der Waals surface area contributed by atoms with E-state index in [9.17, 15) is 4.79 Å². The van der Waals surface area contributed by atoms with E-state index in [4.69, 9.17) is 0 Å². The molecule has 0 unspecified atom stereocenters. The molecule has 4 rings (SSSR count). The van der Waals surface area contributed by atoms with Gasteiger partial charge < -0.3 is 0 Å². The molecule has 0 bridgehead atoms. The van der Waals surface area contributed by atoms with Gasteiger partial charge >= 0.3 is 0 Å². The summed E-state index contributed by atoms with van der Waals surface area (Å²) in [5.41, 5.74) is 0. The van der Waals surface area contributed by atoms with E-state index in [1.165, 1.54) is 10.8 Å². The number of hydrogen-bond acceptors (Lipinski definition) is 1. The average Bonchev–Trinajstić information content (AvgIpc) is 2.81. The molecular weight excluding hydrogens is 220 g/mol. The summed E-state index contributed by atoms with van der Waals surface area (Å²) in [4.78, 5) is 11.7. The molecule has 3 aromatic carbocycles. The minimum Gasteiger partial charge on any atom is -0.290 e. The molecule has 0 aromatic heterocycles. The molecule has 18 heavy (non-hydrogen) atoms. The topological polar surface area (TPSA) is 17.1 Å². The van der Waals surface area contributed by atoms with Crippen LogP contribution in [-0.2, 0) is 4.79 Å². The molecule has 0 saturated carbocycles. The number of rotatable bonds is 0. The van der Waals surface area contributed by atoms with E-state index in [1.54, 1.807) is 12.2 Å². The first-order chi connectivity index (χ1) is 8.84. The molecule has 1 aliphatic rings. The summed E-state index contributed by atoms with van der Waals surface area (Å²) in [6, 6.07) is 16.5. The highest BCUT2D eigenvalue weighted by molar-refractivity contribution is 6.29. The SMILES string of the molecule is O=C1C=c2c(c3ccccc3c3ccccc23)=C1. The van der Waals surface area contributed by atoms with Crippen LogP contribution in [-0.4, -0.2) is 5.78 Å². The summed E-state index contributed by atoms with van der Waals surface area (Å²) < 4.78 is 0. The fraction of sp³-hybridized carbons (Fsp3) is 0. The van der Waals surface area contributed by atoms with Crippen LogP contribution in [0.25, 0.3) is 33.7 Å². The van der Waals surface area contributed by atoms with Gasteiger partial charge in [0.25, 0.3) is 0 Å². The lowest BCUT2D eigenvalue weighted by Gasteiger charge is -2.04. The predicted molar refractivity (Wildman–Crippen MR) is 74.6 cm³/mol. The highest BCUT2D eigenvalue weighted by Crippen LogP contribution is 2.20. The van der Waals surface area contributed by atoms with Gasteiger partial charge in [-0.25, -0.2) is 0 Å². The van der Waals surface area contributed by atoms with Crippen LogP contribution >= 0.6 is 0 Å². The van der Waals surface area contributed by atoms with Crippen molar-refractivity contribution in [3.63, 3.8) is 0 Å². The molecular formula is C17H10O. The Bertz CT molecular complexity index is 856. The number of ketones is 1. The molecule has 0 radical (unpaired) electrons. The Balaban J connectivity index is 2.49. The van der Waals surface area contributed by atoms with Crippen LogP contribution in [0.1, 0.15) is 0 Å². The molecule has 0 atom stereocenters. The van der Waals surface area contributed by atoms with Gasteiger partial charge in [0.15, 0.2) is 5.78 Å². The smallest absolute Gasteiger partial charge is 0.179 e. The van der Waals surface area contributed by atoms with E-state index in [0.29, 0.717) is 0 Å². The predicted octanol–water partition coefficient (Wildman–Crippen LogP) is 2.14. The zero-order chi connectivity index (χ0) is 12.1. The van der Waals surface area contributed by atoms with Gasteiger partial charge in [0.05, 0.1) is 0 Å². The van der Waals surface area contributed by atoms with Gasteiger partial charge in [0.2, 0.25) is 0 Å². The molecule has 3 aromatic rings. The largest absolute Gasteiger partial charge is 0.290 e. The third-order valence-electron chi connectivity index (χ3n) is 3.59. The summed E-state index contributed by atoms with van der Waals surface area (Å²) in [6.07, 6.45) is 3.48. The second kappa shape index (κ2) is 3.30. The maximum atomic E-state index is 11.7. The number of fused-ring (bicyclic) bond motifs is 6. The van der Waals surface area contributed by atoms with E-state index in [0.717, 1.165) is 21.2 Å². The number of benzene rings is 3. The quantitative estimate of drug-likeness (QED) is 0.541. The van der Waals surface area contributed by atoms with E-state index in [-0.39, 0.29) is 5.78 Å². The first-order valence-corrected chi connectivity index (χ1v) is 6.01. The lowest BCUT2D eigenvalue weighted by molar-refractivity contribution is -0.107. The summed E-state index contributed by atoms with van der Waals surface area (Å²) in [6.45, 7) is 0. The fourth-order valence-corrected chi connectivity index (χ4v) is 2.83. The van der Waals surface area contributed by atoms with E-state index >= 15 is 0 Å². The van der Waals surface area contributed by atoms with Crippen molar-refractivity contribution in [1.29, 1.82) is 0 Å². The second-order valence-electron chi connectivity index (χ2n) is 4.61. The van der Waals surface area contributed by atoms with Crippen molar-refractivity contribution in [2.75, 3.05) is 0 Å². The Labute approximate surface area is 104 Å². The third kappa shape index (κ3) is 1.13. The molecule has 0 amide bonds. The van der Waals surface area contributed by atoms with Crippen LogP contribution in [0.4, 0.5) is 0 Å². The molecule has 0 N–H and O–H groups in total. The normalized spacial score (nSPS) is 13.4. The van der Waals surface area contributed by atoms with Crippen LogP contribution in [0.2, 0.25) is 0 Å². The second-order valence-corrected chi connectivity index (χ2v) is 4.61. The van der Waals surface area contributed by atoms with Crippen LogP contribution < -0.4 is 10.4 Å². The summed E-state index contributed by atoms with van der Waals surface area (Å²) in [7, 11) is 0. The monoisotopic (exact) mass is 230 g/mol. The molecule has 0 spiro atoms. The summed E-state index contributed by atoms with van der Waals surface area (Å²) in [5, 5.41) is 6.88. The number of Topliss-reactive ketones (excluding diaryl/α,β-unsaturated/α-hetero) is 1. The Morgan fingerprint density at radius 2 is 0.944 bits per heavy atom. The Morgan fingerprint density at radius 1 is 0.556 bits per heavy atom. The minimum absolute atomic E-state index is 0.0894. The molecule has 0 saturated heterocycles. The van der Waals surface area contributed by atoms with Gasteiger partial charge in [0.1, 0.15) is 0 Å². The number of carbonyl (C=O) groups excluding carboxylic acids is 1. The maximum Gasteiger partial charge on any atom is 0.179 e. The first-order valence-electron chi connectivity index (χ1n) is 6.01. The highest BCUT2D eigenvalue weighted by Gasteiger charge is 2.10. The molecule has 1 heteroatoms. The average molecular weight is 230 g/mol. The van der Waals surface area contributed by atoms with E-state index in [2.05, 4.69) is 24.3 Å².